The number of Topliss-reactive ketones (excluding diaryl/α,β-unsaturated/α-hetero) is 1. The molecular weight excluding hydrogens is 448 g/mol. The number of aliphatic carboxylic acids is 1. The number of ketones is 1. The predicted molar refractivity (Wildman–Crippen MR) is 134 cm³/mol. The number of benzene rings is 2. The Balaban J connectivity index is 1.67. The van der Waals surface area contributed by atoms with Gasteiger partial charge in [-0.25, -0.2) is 0 Å². The summed E-state index contributed by atoms with van der Waals surface area (Å²) in [5.74, 6) is -2.08. The number of hydrogen-bond donors (Lipinski definition) is 5. The number of rotatable bonds is 8. The quantitative estimate of drug-likeness (QED) is 0.223. The number of carbonyl (C=O) groups excluding carboxylic acids is 1. The van der Waals surface area contributed by atoms with E-state index in [1.54, 1.807) is 18.0 Å². The van der Waals surface area contributed by atoms with Gasteiger partial charge in [-0.1, -0.05) is 43.3 Å². The number of hydrogen-bond acceptors (Lipinski definition) is 6. The lowest BCUT2D eigenvalue weighted by molar-refractivity contribution is -0.145. The van der Waals surface area contributed by atoms with Crippen LogP contribution in [0.25, 0.3) is 0 Å². The van der Waals surface area contributed by atoms with E-state index in [0.717, 1.165) is 10.5 Å². The molecule has 0 spiro atoms. The highest BCUT2D eigenvalue weighted by molar-refractivity contribution is 7.97. The Bertz CT molecular complexity index is 1080. The van der Waals surface area contributed by atoms with Gasteiger partial charge in [-0.2, -0.15) is 0 Å². The molecule has 5 unspecified atom stereocenters. The van der Waals surface area contributed by atoms with Gasteiger partial charge in [0.15, 0.2) is 0 Å². The average Bonchev–Trinajstić information content (AvgIpc) is 2.86. The summed E-state index contributed by atoms with van der Waals surface area (Å²) >= 11 is 1.59. The summed E-state index contributed by atoms with van der Waals surface area (Å²) < 4.78 is 3.37. The number of nitrogens with two attached hydrogens (primary N) is 1. The normalized spacial score (nSPS) is 24.0. The van der Waals surface area contributed by atoms with Crippen LogP contribution in [0.4, 0.5) is 0 Å². The summed E-state index contributed by atoms with van der Waals surface area (Å²) in [6.07, 6.45) is 1.01. The molecular formula is C26H32N4O3S. The molecule has 0 bridgehead atoms. The molecule has 2 aromatic rings. The fourth-order valence-corrected chi connectivity index (χ4v) is 6.20. The number of carboxylic acid groups (broad SMARTS) is 1. The molecule has 6 N–H and O–H groups in total. The molecule has 2 heterocycles. The lowest BCUT2D eigenvalue weighted by Crippen LogP contribution is -2.42. The number of fused-ring (bicyclic) bond motifs is 1. The first-order chi connectivity index (χ1) is 16.4. The SMILES string of the molecule is CC(C(=O)C(CC1CNCCC1C(=O)O)c1cccc(C(=N)N)c1)C1CNSc2ccccc21. The minimum absolute atomic E-state index is 0.0307. The van der Waals surface area contributed by atoms with Crippen LogP contribution in [0.15, 0.2) is 53.4 Å². The third kappa shape index (κ3) is 5.19. The Morgan fingerprint density at radius 1 is 1.21 bits per heavy atom. The molecule has 5 atom stereocenters. The highest BCUT2D eigenvalue weighted by Gasteiger charge is 2.38. The van der Waals surface area contributed by atoms with E-state index < -0.39 is 17.8 Å². The molecule has 1 fully saturated rings. The molecule has 1 saturated heterocycles. The van der Waals surface area contributed by atoms with E-state index in [-0.39, 0.29) is 29.4 Å². The summed E-state index contributed by atoms with van der Waals surface area (Å²) in [6, 6.07) is 15.5. The van der Waals surface area contributed by atoms with Crippen molar-refractivity contribution in [1.29, 1.82) is 5.41 Å². The zero-order valence-electron chi connectivity index (χ0n) is 19.3. The lowest BCUT2D eigenvalue weighted by atomic mass is 9.72. The highest BCUT2D eigenvalue weighted by Crippen LogP contribution is 2.40. The van der Waals surface area contributed by atoms with Gasteiger partial charge in [-0.05, 0) is 67.1 Å². The average molecular weight is 481 g/mol. The number of carboxylic acids is 1. The van der Waals surface area contributed by atoms with Crippen molar-refractivity contribution in [2.45, 2.75) is 36.5 Å². The largest absolute Gasteiger partial charge is 0.481 e. The van der Waals surface area contributed by atoms with Crippen molar-refractivity contribution in [2.24, 2.45) is 23.5 Å². The molecule has 0 radical (unpaired) electrons. The molecule has 8 heteroatoms. The van der Waals surface area contributed by atoms with Crippen molar-refractivity contribution in [1.82, 2.24) is 10.0 Å². The maximum absolute atomic E-state index is 14.1. The molecule has 4 rings (SSSR count). The first-order valence-corrected chi connectivity index (χ1v) is 12.6. The van der Waals surface area contributed by atoms with Crippen molar-refractivity contribution >= 4 is 29.5 Å². The summed E-state index contributed by atoms with van der Waals surface area (Å²) in [5, 5.41) is 21.0. The van der Waals surface area contributed by atoms with E-state index >= 15 is 0 Å². The first-order valence-electron chi connectivity index (χ1n) is 11.8. The number of carbonyl (C=O) groups is 2. The molecule has 2 aliphatic heterocycles. The van der Waals surface area contributed by atoms with E-state index in [9.17, 15) is 14.7 Å². The van der Waals surface area contributed by atoms with Crippen molar-refractivity contribution in [3.63, 3.8) is 0 Å². The third-order valence-corrected chi connectivity index (χ3v) is 8.17. The minimum atomic E-state index is -0.800. The van der Waals surface area contributed by atoms with E-state index in [2.05, 4.69) is 22.2 Å². The molecule has 7 nitrogen and oxygen atoms in total. The first kappa shape index (κ1) is 24.4. The zero-order chi connectivity index (χ0) is 24.2. The summed E-state index contributed by atoms with van der Waals surface area (Å²) in [6.45, 7) is 3.92. The van der Waals surface area contributed by atoms with Gasteiger partial charge in [-0.3, -0.25) is 19.7 Å². The van der Waals surface area contributed by atoms with Crippen molar-refractivity contribution < 1.29 is 14.7 Å². The third-order valence-electron chi connectivity index (χ3n) is 7.26. The number of nitrogen functional groups attached to an aromatic ring is 1. The Labute approximate surface area is 204 Å². The smallest absolute Gasteiger partial charge is 0.306 e. The molecule has 34 heavy (non-hydrogen) atoms. The van der Waals surface area contributed by atoms with Crippen molar-refractivity contribution in [2.75, 3.05) is 19.6 Å². The van der Waals surface area contributed by atoms with Crippen molar-refractivity contribution in [3.8, 4) is 0 Å². The monoisotopic (exact) mass is 480 g/mol. The highest BCUT2D eigenvalue weighted by atomic mass is 32.2. The molecule has 2 aliphatic rings. The Morgan fingerprint density at radius 3 is 2.76 bits per heavy atom. The van der Waals surface area contributed by atoms with Crippen LogP contribution in [0, 0.1) is 23.2 Å². The van der Waals surface area contributed by atoms with Crippen LogP contribution in [0.3, 0.4) is 0 Å². The maximum Gasteiger partial charge on any atom is 0.306 e. The van der Waals surface area contributed by atoms with Gasteiger partial charge in [0, 0.05) is 34.8 Å². The van der Waals surface area contributed by atoms with Crippen LogP contribution < -0.4 is 15.8 Å². The summed E-state index contributed by atoms with van der Waals surface area (Å²) in [4.78, 5) is 27.2. The standard InChI is InChI=1S/C26H32N4O3S/c1-15(22-14-30-34-23-8-3-2-7-20(22)23)24(31)21(16-5-4-6-17(11-16)25(27)28)12-18-13-29-10-9-19(18)26(32)33/h2-8,11,15,18-19,21-22,29-30H,9-10,12-14H2,1H3,(H3,27,28)(H,32,33). The van der Waals surface area contributed by atoms with Gasteiger partial charge in [0.05, 0.1) is 5.92 Å². The topological polar surface area (TPSA) is 128 Å². The van der Waals surface area contributed by atoms with Crippen LogP contribution in [0.2, 0.25) is 0 Å². The van der Waals surface area contributed by atoms with Gasteiger partial charge >= 0.3 is 5.97 Å². The van der Waals surface area contributed by atoms with Crippen LogP contribution >= 0.6 is 11.9 Å². The van der Waals surface area contributed by atoms with Gasteiger partial charge < -0.3 is 16.2 Å². The fraction of sp³-hybridized carbons (Fsp3) is 0.423. The van der Waals surface area contributed by atoms with Crippen LogP contribution in [-0.4, -0.2) is 42.3 Å². The van der Waals surface area contributed by atoms with Gasteiger partial charge in [0.1, 0.15) is 11.6 Å². The number of amidine groups is 1. The van der Waals surface area contributed by atoms with E-state index in [0.29, 0.717) is 38.0 Å². The number of nitrogens with one attached hydrogen (secondary N) is 3. The second kappa shape index (κ2) is 10.7. The Hall–Kier alpha value is -2.68. The van der Waals surface area contributed by atoms with Gasteiger partial charge in [0.25, 0.3) is 0 Å². The maximum atomic E-state index is 14.1. The van der Waals surface area contributed by atoms with Crippen LogP contribution in [0.5, 0.6) is 0 Å². The lowest BCUT2D eigenvalue weighted by Gasteiger charge is -2.35. The summed E-state index contributed by atoms with van der Waals surface area (Å²) in [7, 11) is 0. The van der Waals surface area contributed by atoms with E-state index in [4.69, 9.17) is 11.1 Å². The molecule has 0 aromatic heterocycles. The predicted octanol–water partition coefficient (Wildman–Crippen LogP) is 3.35. The fourth-order valence-electron chi connectivity index (χ4n) is 5.30. The van der Waals surface area contributed by atoms with Crippen molar-refractivity contribution in [3.05, 3.63) is 65.2 Å². The van der Waals surface area contributed by atoms with Crippen LogP contribution in [-0.2, 0) is 9.59 Å². The van der Waals surface area contributed by atoms with Gasteiger partial charge in [-0.15, -0.1) is 0 Å². The van der Waals surface area contributed by atoms with Crippen LogP contribution in [0.1, 0.15) is 48.3 Å². The molecule has 180 valence electrons. The molecule has 0 saturated carbocycles. The Morgan fingerprint density at radius 2 is 2.00 bits per heavy atom. The van der Waals surface area contributed by atoms with E-state index in [1.807, 2.05) is 37.3 Å². The molecule has 0 amide bonds. The Kier molecular flexibility index (Phi) is 7.70. The second-order valence-corrected chi connectivity index (χ2v) is 10.2. The summed E-state index contributed by atoms with van der Waals surface area (Å²) in [5.41, 5.74) is 8.27. The van der Waals surface area contributed by atoms with E-state index in [1.165, 1.54) is 5.56 Å². The molecule has 0 aliphatic carbocycles. The molecule has 2 aromatic carbocycles. The second-order valence-electron chi connectivity index (χ2n) is 9.31. The zero-order valence-corrected chi connectivity index (χ0v) is 20.1. The minimum Gasteiger partial charge on any atom is -0.481 e. The van der Waals surface area contributed by atoms with Gasteiger partial charge in [0.2, 0.25) is 0 Å². The number of piperidine rings is 1.